The molecule has 0 aliphatic carbocycles. The molecule has 0 bridgehead atoms. The lowest BCUT2D eigenvalue weighted by atomic mass is 10.1. The van der Waals surface area contributed by atoms with Gasteiger partial charge in [-0.15, -0.1) is 0 Å². The van der Waals surface area contributed by atoms with Crippen molar-refractivity contribution in [3.8, 4) is 0 Å². The molecule has 1 amide bonds. The first-order chi connectivity index (χ1) is 12.4. The fraction of sp³-hybridized carbons (Fsp3) is 0.368. The molecule has 26 heavy (non-hydrogen) atoms. The molecule has 2 rings (SSSR count). The summed E-state index contributed by atoms with van der Waals surface area (Å²) in [5.74, 6) is 0.370. The third-order valence-electron chi connectivity index (χ3n) is 4.27. The van der Waals surface area contributed by atoms with Gasteiger partial charge in [-0.1, -0.05) is 6.08 Å². The van der Waals surface area contributed by atoms with Crippen LogP contribution in [0.15, 0.2) is 46.7 Å². The molecule has 0 saturated carbocycles. The van der Waals surface area contributed by atoms with E-state index < -0.39 is 5.91 Å². The highest BCUT2D eigenvalue weighted by atomic mass is 16.1. The van der Waals surface area contributed by atoms with Gasteiger partial charge in [0.2, 0.25) is 5.91 Å². The highest BCUT2D eigenvalue weighted by Gasteiger charge is 2.16. The lowest BCUT2D eigenvalue weighted by Gasteiger charge is -2.34. The van der Waals surface area contributed by atoms with Crippen LogP contribution in [-0.2, 0) is 4.79 Å². The van der Waals surface area contributed by atoms with E-state index in [1.807, 2.05) is 25.1 Å². The minimum absolute atomic E-state index is 0.0190. The van der Waals surface area contributed by atoms with Crippen molar-refractivity contribution >= 4 is 23.8 Å². The van der Waals surface area contributed by atoms with Gasteiger partial charge >= 0.3 is 0 Å². The summed E-state index contributed by atoms with van der Waals surface area (Å²) >= 11 is 0. The third kappa shape index (κ3) is 5.02. The van der Waals surface area contributed by atoms with E-state index >= 15 is 0 Å². The summed E-state index contributed by atoms with van der Waals surface area (Å²) in [5.41, 5.74) is 6.98. The molecule has 7 nitrogen and oxygen atoms in total. The van der Waals surface area contributed by atoms with Gasteiger partial charge in [0.15, 0.2) is 5.78 Å². The Balaban J connectivity index is 1.98. The summed E-state index contributed by atoms with van der Waals surface area (Å²) in [4.78, 5) is 35.7. The van der Waals surface area contributed by atoms with E-state index in [9.17, 15) is 9.59 Å². The van der Waals surface area contributed by atoms with Crippen LogP contribution in [0.25, 0.3) is 0 Å². The standard InChI is InChI=1S/C19H25N5O2/c1-4-5-17(14(2)15(3)25)22-13-23-8-10-24(11-9-23)18-7-6-16(12-21-18)19(20)26/h4-7,12-13H,8-11H2,1-3H3,(H2,20,26)/b5-4-,17-14-,22-13+. The van der Waals surface area contributed by atoms with E-state index in [2.05, 4.69) is 19.8 Å². The molecule has 1 aliphatic heterocycles. The lowest BCUT2D eigenvalue weighted by molar-refractivity contribution is -0.113. The van der Waals surface area contributed by atoms with Gasteiger partial charge in [0, 0.05) is 37.9 Å². The summed E-state index contributed by atoms with van der Waals surface area (Å²) in [6, 6.07) is 3.50. The number of hydrogen-bond donors (Lipinski definition) is 1. The summed E-state index contributed by atoms with van der Waals surface area (Å²) < 4.78 is 0. The first kappa shape index (κ1) is 19.4. The fourth-order valence-corrected chi connectivity index (χ4v) is 2.53. The number of aliphatic imine (C=N–C) groups is 1. The van der Waals surface area contributed by atoms with Crippen LogP contribution in [0.3, 0.4) is 0 Å². The molecular weight excluding hydrogens is 330 g/mol. The van der Waals surface area contributed by atoms with E-state index in [0.29, 0.717) is 16.8 Å². The molecule has 1 aromatic rings. The fourth-order valence-electron chi connectivity index (χ4n) is 2.53. The van der Waals surface area contributed by atoms with Crippen LogP contribution in [0.4, 0.5) is 5.82 Å². The van der Waals surface area contributed by atoms with Gasteiger partial charge in [0.25, 0.3) is 0 Å². The molecule has 1 aliphatic rings. The SMILES string of the molecule is C\C=C/C(/N=C/N1CCN(c2ccc(C(N)=O)cn2)CC1)=C(\C)C(C)=O. The molecule has 0 atom stereocenters. The number of carbonyl (C=O) groups excluding carboxylic acids is 2. The van der Waals surface area contributed by atoms with E-state index in [1.165, 1.54) is 6.20 Å². The van der Waals surface area contributed by atoms with Crippen LogP contribution >= 0.6 is 0 Å². The summed E-state index contributed by atoms with van der Waals surface area (Å²) in [5, 5.41) is 0. The van der Waals surface area contributed by atoms with E-state index in [0.717, 1.165) is 32.0 Å². The Morgan fingerprint density at radius 2 is 1.88 bits per heavy atom. The molecular formula is C19H25N5O2. The maximum atomic E-state index is 11.6. The Labute approximate surface area is 153 Å². The molecule has 0 aromatic carbocycles. The van der Waals surface area contributed by atoms with Gasteiger partial charge in [-0.2, -0.15) is 0 Å². The first-order valence-electron chi connectivity index (χ1n) is 8.56. The normalized spacial score (nSPS) is 16.3. The number of carbonyl (C=O) groups is 2. The second kappa shape index (κ2) is 8.94. The summed E-state index contributed by atoms with van der Waals surface area (Å²) in [6.07, 6.45) is 7.01. The minimum Gasteiger partial charge on any atom is -0.366 e. The van der Waals surface area contributed by atoms with Gasteiger partial charge in [-0.3, -0.25) is 9.59 Å². The largest absolute Gasteiger partial charge is 0.366 e. The minimum atomic E-state index is -0.476. The number of aromatic nitrogens is 1. The maximum Gasteiger partial charge on any atom is 0.250 e. The number of allylic oxidation sites excluding steroid dienone is 3. The zero-order chi connectivity index (χ0) is 19.1. The summed E-state index contributed by atoms with van der Waals surface area (Å²) in [7, 11) is 0. The predicted molar refractivity (Wildman–Crippen MR) is 103 cm³/mol. The number of nitrogens with two attached hydrogens (primary N) is 1. The number of piperazine rings is 1. The highest BCUT2D eigenvalue weighted by Crippen LogP contribution is 2.14. The quantitative estimate of drug-likeness (QED) is 0.363. The Bertz CT molecular complexity index is 742. The van der Waals surface area contributed by atoms with Crippen molar-refractivity contribution in [2.24, 2.45) is 10.7 Å². The van der Waals surface area contributed by atoms with Crippen molar-refractivity contribution in [3.05, 3.63) is 47.3 Å². The Hall–Kier alpha value is -2.96. The van der Waals surface area contributed by atoms with Gasteiger partial charge in [0.1, 0.15) is 5.82 Å². The number of anilines is 1. The van der Waals surface area contributed by atoms with Crippen LogP contribution in [-0.4, -0.2) is 54.1 Å². The van der Waals surface area contributed by atoms with Gasteiger partial charge in [-0.25, -0.2) is 9.98 Å². The monoisotopic (exact) mass is 355 g/mol. The van der Waals surface area contributed by atoms with Crippen LogP contribution < -0.4 is 10.6 Å². The van der Waals surface area contributed by atoms with Crippen molar-refractivity contribution in [1.29, 1.82) is 0 Å². The number of ketones is 1. The molecule has 0 spiro atoms. The maximum absolute atomic E-state index is 11.6. The second-order valence-corrected chi connectivity index (χ2v) is 6.10. The van der Waals surface area contributed by atoms with Crippen molar-refractivity contribution in [2.45, 2.75) is 20.8 Å². The number of pyridine rings is 1. The number of primary amides is 1. The van der Waals surface area contributed by atoms with Crippen LogP contribution in [0.1, 0.15) is 31.1 Å². The number of rotatable bonds is 6. The molecule has 1 saturated heterocycles. The number of Topliss-reactive ketones (excluding diaryl/α,β-unsaturated/α-hetero) is 1. The Morgan fingerprint density at radius 3 is 2.38 bits per heavy atom. The number of amides is 1. The van der Waals surface area contributed by atoms with E-state index in [-0.39, 0.29) is 5.78 Å². The third-order valence-corrected chi connectivity index (χ3v) is 4.27. The molecule has 7 heteroatoms. The molecule has 2 N–H and O–H groups in total. The van der Waals surface area contributed by atoms with Gasteiger partial charge in [0.05, 0.1) is 17.6 Å². The highest BCUT2D eigenvalue weighted by molar-refractivity contribution is 5.94. The van der Waals surface area contributed by atoms with Crippen molar-refractivity contribution < 1.29 is 9.59 Å². The van der Waals surface area contributed by atoms with Gasteiger partial charge < -0.3 is 15.5 Å². The zero-order valence-electron chi connectivity index (χ0n) is 15.5. The molecule has 138 valence electrons. The summed E-state index contributed by atoms with van der Waals surface area (Å²) in [6.45, 7) is 8.42. The zero-order valence-corrected chi connectivity index (χ0v) is 15.5. The Morgan fingerprint density at radius 1 is 1.19 bits per heavy atom. The Kier molecular flexibility index (Phi) is 6.66. The second-order valence-electron chi connectivity index (χ2n) is 6.10. The van der Waals surface area contributed by atoms with E-state index in [1.54, 1.807) is 26.3 Å². The van der Waals surface area contributed by atoms with Crippen LogP contribution in [0.2, 0.25) is 0 Å². The average molecular weight is 355 g/mol. The van der Waals surface area contributed by atoms with Crippen LogP contribution in [0.5, 0.6) is 0 Å². The molecule has 0 unspecified atom stereocenters. The molecule has 1 fully saturated rings. The topological polar surface area (TPSA) is 91.9 Å². The smallest absolute Gasteiger partial charge is 0.250 e. The first-order valence-corrected chi connectivity index (χ1v) is 8.56. The van der Waals surface area contributed by atoms with Crippen molar-refractivity contribution in [2.75, 3.05) is 31.1 Å². The molecule has 0 radical (unpaired) electrons. The molecule has 1 aromatic heterocycles. The lowest BCUT2D eigenvalue weighted by Crippen LogP contribution is -2.46. The number of nitrogens with zero attached hydrogens (tertiary/aromatic N) is 4. The molecule has 2 heterocycles. The van der Waals surface area contributed by atoms with Gasteiger partial charge in [-0.05, 0) is 39.0 Å². The van der Waals surface area contributed by atoms with Crippen LogP contribution in [0, 0.1) is 0 Å². The predicted octanol–water partition coefficient (Wildman–Crippen LogP) is 1.77. The van der Waals surface area contributed by atoms with E-state index in [4.69, 9.17) is 5.73 Å². The van der Waals surface area contributed by atoms with Crippen molar-refractivity contribution in [3.63, 3.8) is 0 Å². The average Bonchev–Trinajstić information content (AvgIpc) is 2.65. The van der Waals surface area contributed by atoms with Crippen molar-refractivity contribution in [1.82, 2.24) is 9.88 Å². The number of hydrogen-bond acceptors (Lipinski definition) is 5.